The van der Waals surface area contributed by atoms with Gasteiger partial charge in [0.25, 0.3) is 0 Å². The third-order valence-electron chi connectivity index (χ3n) is 10.6. The molecule has 3 heterocycles. The van der Waals surface area contributed by atoms with Crippen molar-refractivity contribution in [3.63, 3.8) is 0 Å². The molecule has 3 fully saturated rings. The smallest absolute Gasteiger partial charge is 0.321 e. The lowest BCUT2D eigenvalue weighted by molar-refractivity contribution is -0.145. The van der Waals surface area contributed by atoms with Crippen molar-refractivity contribution in [2.75, 3.05) is 33.2 Å². The van der Waals surface area contributed by atoms with E-state index in [4.69, 9.17) is 5.10 Å². The molecule has 238 valence electrons. The minimum Gasteiger partial charge on any atom is -0.480 e. The van der Waals surface area contributed by atoms with Crippen LogP contribution in [0.4, 0.5) is 0 Å². The summed E-state index contributed by atoms with van der Waals surface area (Å²) in [7, 11) is 2.21. The molecule has 1 aromatic heterocycles. The van der Waals surface area contributed by atoms with Gasteiger partial charge in [0.2, 0.25) is 0 Å². The lowest BCUT2D eigenvalue weighted by Crippen LogP contribution is -2.45. The first-order valence-electron chi connectivity index (χ1n) is 17.1. The predicted molar refractivity (Wildman–Crippen MR) is 179 cm³/mol. The van der Waals surface area contributed by atoms with Gasteiger partial charge in [0.15, 0.2) is 0 Å². The van der Waals surface area contributed by atoms with Gasteiger partial charge >= 0.3 is 5.97 Å². The lowest BCUT2D eigenvalue weighted by atomic mass is 9.80. The molecular weight excluding hydrogens is 544 g/mol. The molecular formula is C38H54N4O2. The first kappa shape index (κ1) is 32.4. The van der Waals surface area contributed by atoms with Crippen LogP contribution < -0.4 is 0 Å². The van der Waals surface area contributed by atoms with E-state index in [1.807, 2.05) is 6.07 Å². The second-order valence-corrected chi connectivity index (χ2v) is 13.9. The van der Waals surface area contributed by atoms with Crippen molar-refractivity contribution in [3.05, 3.63) is 89.2 Å². The maximum absolute atomic E-state index is 11.8. The van der Waals surface area contributed by atoms with Crippen LogP contribution in [0.5, 0.6) is 0 Å². The molecule has 3 aromatic rings. The molecule has 6 heteroatoms. The van der Waals surface area contributed by atoms with Crippen LogP contribution in [0.2, 0.25) is 0 Å². The molecule has 44 heavy (non-hydrogen) atoms. The normalized spacial score (nSPS) is 21.5. The average molecular weight is 599 g/mol. The van der Waals surface area contributed by atoms with Crippen molar-refractivity contribution in [2.45, 2.75) is 102 Å². The number of carboxylic acids is 1. The molecule has 1 N–H and O–H groups in total. The van der Waals surface area contributed by atoms with Gasteiger partial charge in [0, 0.05) is 30.1 Å². The number of hydrogen-bond acceptors (Lipinski definition) is 4. The third kappa shape index (κ3) is 7.63. The van der Waals surface area contributed by atoms with Gasteiger partial charge < -0.3 is 10.0 Å². The summed E-state index contributed by atoms with van der Waals surface area (Å²) >= 11 is 0. The monoisotopic (exact) mass is 598 g/mol. The number of rotatable bonds is 8. The zero-order chi connectivity index (χ0) is 31.1. The van der Waals surface area contributed by atoms with Gasteiger partial charge in [-0.15, -0.1) is 0 Å². The Morgan fingerprint density at radius 2 is 1.50 bits per heavy atom. The number of likely N-dealkylation sites (tertiary alicyclic amines) is 2. The van der Waals surface area contributed by atoms with E-state index in [0.717, 1.165) is 38.9 Å². The number of piperidine rings is 1. The molecule has 0 bridgehead atoms. The highest BCUT2D eigenvalue weighted by atomic mass is 16.4. The van der Waals surface area contributed by atoms with Gasteiger partial charge in [-0.1, -0.05) is 93.8 Å². The molecule has 2 aliphatic heterocycles. The SMILES string of the molecule is CCn1nc(C2CCN(C)CC2)cc1C(C)(C)c1ccccc1.O=C(O)[C@@H](C1CCCCC1)N1CC[C@@H](c2ccccc2)C1. The summed E-state index contributed by atoms with van der Waals surface area (Å²) in [4.78, 5) is 16.4. The fraction of sp³-hybridized carbons (Fsp3) is 0.579. The highest BCUT2D eigenvalue weighted by molar-refractivity contribution is 5.74. The van der Waals surface area contributed by atoms with Crippen molar-refractivity contribution >= 4 is 5.97 Å². The quantitative estimate of drug-likeness (QED) is 0.290. The van der Waals surface area contributed by atoms with Crippen LogP contribution >= 0.6 is 0 Å². The second-order valence-electron chi connectivity index (χ2n) is 13.9. The summed E-state index contributed by atoms with van der Waals surface area (Å²) in [6, 6.07) is 23.4. The number of aromatic nitrogens is 2. The summed E-state index contributed by atoms with van der Waals surface area (Å²) in [5, 5.41) is 14.7. The number of carbonyl (C=O) groups is 1. The van der Waals surface area contributed by atoms with E-state index in [1.165, 1.54) is 67.7 Å². The number of benzene rings is 2. The summed E-state index contributed by atoms with van der Waals surface area (Å²) in [5.41, 5.74) is 5.31. The minimum atomic E-state index is -0.615. The standard InChI is InChI=1S/C20H29N3.C18H25NO2/c1-5-23-19(20(2,3)17-9-7-6-8-10-17)15-18(21-23)16-11-13-22(4)14-12-16;20-18(21)17(15-9-5-2-6-10-15)19-12-11-16(13-19)14-7-3-1-4-8-14/h6-10,15-16H,5,11-14H2,1-4H3;1,3-4,7-8,15-17H,2,5-6,9-13H2,(H,20,21)/t;16-,17-/m.1/s1. The van der Waals surface area contributed by atoms with E-state index in [1.54, 1.807) is 0 Å². The average Bonchev–Trinajstić information content (AvgIpc) is 3.72. The number of aliphatic carboxylic acids is 1. The van der Waals surface area contributed by atoms with Gasteiger partial charge in [0.1, 0.15) is 6.04 Å². The predicted octanol–water partition coefficient (Wildman–Crippen LogP) is 7.55. The van der Waals surface area contributed by atoms with Crippen LogP contribution in [0.15, 0.2) is 66.7 Å². The van der Waals surface area contributed by atoms with Gasteiger partial charge in [0.05, 0.1) is 5.69 Å². The van der Waals surface area contributed by atoms with Crippen molar-refractivity contribution in [3.8, 4) is 0 Å². The Morgan fingerprint density at radius 3 is 2.11 bits per heavy atom. The first-order chi connectivity index (χ1) is 21.3. The molecule has 2 atom stereocenters. The number of hydrogen-bond donors (Lipinski definition) is 1. The van der Waals surface area contributed by atoms with Crippen LogP contribution in [0.3, 0.4) is 0 Å². The van der Waals surface area contributed by atoms with E-state index in [-0.39, 0.29) is 11.5 Å². The van der Waals surface area contributed by atoms with Crippen LogP contribution in [-0.2, 0) is 16.8 Å². The molecule has 6 nitrogen and oxygen atoms in total. The van der Waals surface area contributed by atoms with Crippen LogP contribution in [0, 0.1) is 5.92 Å². The Labute approximate surface area is 265 Å². The Morgan fingerprint density at radius 1 is 0.886 bits per heavy atom. The van der Waals surface area contributed by atoms with Crippen LogP contribution in [0.1, 0.15) is 106 Å². The van der Waals surface area contributed by atoms with Crippen molar-refractivity contribution in [1.82, 2.24) is 19.6 Å². The molecule has 2 aromatic carbocycles. The fourth-order valence-electron chi connectivity index (χ4n) is 7.83. The van der Waals surface area contributed by atoms with Gasteiger partial charge in [-0.05, 0) is 94.7 Å². The van der Waals surface area contributed by atoms with E-state index in [2.05, 4.69) is 103 Å². The van der Waals surface area contributed by atoms with Crippen LogP contribution in [-0.4, -0.2) is 69.9 Å². The lowest BCUT2D eigenvalue weighted by Gasteiger charge is -2.33. The highest BCUT2D eigenvalue weighted by Crippen LogP contribution is 2.36. The largest absolute Gasteiger partial charge is 0.480 e. The van der Waals surface area contributed by atoms with E-state index >= 15 is 0 Å². The fourth-order valence-corrected chi connectivity index (χ4v) is 7.83. The van der Waals surface area contributed by atoms with Gasteiger partial charge in [-0.3, -0.25) is 14.4 Å². The van der Waals surface area contributed by atoms with Crippen LogP contribution in [0.25, 0.3) is 0 Å². The highest BCUT2D eigenvalue weighted by Gasteiger charge is 2.38. The molecule has 6 rings (SSSR count). The molecule has 0 unspecified atom stereocenters. The summed E-state index contributed by atoms with van der Waals surface area (Å²) in [6.45, 7) is 11.9. The third-order valence-corrected chi connectivity index (χ3v) is 10.6. The van der Waals surface area contributed by atoms with E-state index in [0.29, 0.717) is 17.8 Å². The zero-order valence-corrected chi connectivity index (χ0v) is 27.5. The van der Waals surface area contributed by atoms with Crippen molar-refractivity contribution in [2.24, 2.45) is 5.92 Å². The van der Waals surface area contributed by atoms with Crippen molar-refractivity contribution < 1.29 is 9.90 Å². The van der Waals surface area contributed by atoms with E-state index in [9.17, 15) is 9.90 Å². The Hall–Kier alpha value is -2.96. The van der Waals surface area contributed by atoms with Gasteiger partial charge in [-0.2, -0.15) is 5.10 Å². The number of aryl methyl sites for hydroxylation is 1. The van der Waals surface area contributed by atoms with E-state index < -0.39 is 5.97 Å². The Kier molecular flexibility index (Phi) is 11.0. The number of carboxylic acid groups (broad SMARTS) is 1. The maximum Gasteiger partial charge on any atom is 0.321 e. The number of nitrogens with zero attached hydrogens (tertiary/aromatic N) is 4. The first-order valence-corrected chi connectivity index (χ1v) is 17.1. The summed E-state index contributed by atoms with van der Waals surface area (Å²) < 4.78 is 2.21. The molecule has 0 amide bonds. The maximum atomic E-state index is 11.8. The molecule has 0 spiro atoms. The molecule has 3 aliphatic rings. The van der Waals surface area contributed by atoms with Crippen molar-refractivity contribution in [1.29, 1.82) is 0 Å². The Bertz CT molecular complexity index is 1310. The summed E-state index contributed by atoms with van der Waals surface area (Å²) in [5.74, 6) is 0.849. The molecule has 2 saturated heterocycles. The summed E-state index contributed by atoms with van der Waals surface area (Å²) in [6.07, 6.45) is 9.38. The topological polar surface area (TPSA) is 61.6 Å². The minimum absolute atomic E-state index is 0.0199. The molecule has 1 saturated carbocycles. The zero-order valence-electron chi connectivity index (χ0n) is 27.5. The second kappa shape index (κ2) is 14.9. The molecule has 0 radical (unpaired) electrons. The molecule has 1 aliphatic carbocycles. The van der Waals surface area contributed by atoms with Gasteiger partial charge in [-0.25, -0.2) is 0 Å². The Balaban J connectivity index is 0.000000175.